The van der Waals surface area contributed by atoms with E-state index in [0.717, 1.165) is 36.7 Å². The third-order valence-corrected chi connectivity index (χ3v) is 21.9. The SMILES string of the molecule is CC[C@H](CC[C@@H](C)C1CC[C@H]2[C@@H]3CC[C@H]4CC(OP(=O)([O-])OC5=C(OC(=O)C[C@H](O)C[C@H](O)CCn6c(-c7ccc(F)cc7)c(-c7ccccc7)c(C(=O)Nc7ccccc7)c6C(C)C)C(C(O)CO)OC5=O)CC[C@]4(C)[C@H]3CC[C@]12C)C(C)C.[Na+]. The number of phosphoric ester groups is 1. The minimum atomic E-state index is -5.38. The first-order valence-corrected chi connectivity index (χ1v) is 32.9. The first-order chi connectivity index (χ1) is 40.5. The van der Waals surface area contributed by atoms with E-state index in [2.05, 4.69) is 46.9 Å². The Hall–Kier alpha value is -4.19. The van der Waals surface area contributed by atoms with Crippen LogP contribution in [0.5, 0.6) is 0 Å². The minimum absolute atomic E-state index is 0. The summed E-state index contributed by atoms with van der Waals surface area (Å²) in [4.78, 5) is 55.3. The molecule has 0 saturated heterocycles. The van der Waals surface area contributed by atoms with Crippen LogP contribution in [0, 0.1) is 64.0 Å². The van der Waals surface area contributed by atoms with E-state index in [1.54, 1.807) is 24.3 Å². The van der Waals surface area contributed by atoms with Crippen LogP contribution in [0.2, 0.25) is 0 Å². The molecule has 9 rings (SSSR count). The summed E-state index contributed by atoms with van der Waals surface area (Å²) in [6, 6.07) is 24.3. The molecule has 5 aliphatic rings. The van der Waals surface area contributed by atoms with E-state index < -0.39 is 80.6 Å². The number of cyclic esters (lactones) is 1. The number of amides is 1. The number of anilines is 1. The monoisotopic (exact) mass is 1220 g/mol. The van der Waals surface area contributed by atoms with Crippen molar-refractivity contribution in [1.82, 2.24) is 4.57 Å². The summed E-state index contributed by atoms with van der Waals surface area (Å²) in [7, 11) is -5.38. The van der Waals surface area contributed by atoms with Crippen molar-refractivity contribution in [2.75, 3.05) is 11.9 Å². The Balaban J connectivity index is 0.00000961. The number of aliphatic hydroxyl groups excluding tert-OH is 4. The van der Waals surface area contributed by atoms with Gasteiger partial charge in [-0.05, 0) is 189 Å². The van der Waals surface area contributed by atoms with Crippen molar-refractivity contribution in [2.45, 2.75) is 195 Å². The second kappa shape index (κ2) is 28.7. The average Bonchev–Trinajstić information content (AvgIpc) is 1.37. The second-order valence-corrected chi connectivity index (χ2v) is 27.9. The third kappa shape index (κ3) is 14.7. The molecule has 1 aliphatic heterocycles. The number of esters is 2. The topological polar surface area (TPSA) is 226 Å². The molecule has 0 spiro atoms. The molecule has 3 aromatic carbocycles. The van der Waals surface area contributed by atoms with Crippen LogP contribution in [0.15, 0.2) is 96.4 Å². The molecule has 4 aromatic rings. The Labute approximate surface area is 530 Å². The third-order valence-electron chi connectivity index (χ3n) is 20.9. The van der Waals surface area contributed by atoms with Crippen LogP contribution in [-0.2, 0) is 39.2 Å². The van der Waals surface area contributed by atoms with Gasteiger partial charge in [-0.1, -0.05) is 117 Å². The van der Waals surface area contributed by atoms with E-state index in [1.165, 1.54) is 57.1 Å². The molecular formula is C68H91FN2NaO13P. The molecular weight excluding hydrogens is 1130 g/mol. The number of fused-ring (bicyclic) bond motifs is 5. The zero-order valence-electron chi connectivity index (χ0n) is 51.9. The maximum absolute atomic E-state index is 14.5. The van der Waals surface area contributed by atoms with Gasteiger partial charge in [0.2, 0.25) is 5.76 Å². The summed E-state index contributed by atoms with van der Waals surface area (Å²) < 4.78 is 52.0. The maximum Gasteiger partial charge on any atom is 1.00 e. The zero-order valence-corrected chi connectivity index (χ0v) is 54.8. The fourth-order valence-corrected chi connectivity index (χ4v) is 17.6. The number of benzene rings is 3. The van der Waals surface area contributed by atoms with Crippen molar-refractivity contribution in [3.63, 3.8) is 0 Å². The van der Waals surface area contributed by atoms with Crippen molar-refractivity contribution in [3.05, 3.63) is 114 Å². The van der Waals surface area contributed by atoms with Gasteiger partial charge in [-0.15, -0.1) is 0 Å². The second-order valence-electron chi connectivity index (χ2n) is 26.7. The first-order valence-electron chi connectivity index (χ1n) is 31.4. The van der Waals surface area contributed by atoms with Gasteiger partial charge >= 0.3 is 49.3 Å². The van der Waals surface area contributed by atoms with Gasteiger partial charge in [0.05, 0.1) is 42.6 Å². The standard InChI is InChI=1S/C68H92FN2O13P.Na/c1-9-43(40(2)3)21-20-42(6)53-28-29-54-52-27-24-46-36-51(30-33-67(46,7)55(52)31-34-68(53,54)8)83-85(79,80)84-64-63(62(56(75)39-72)82-66(64)78)81-57(76)38-50(74)37-49(73)32-35-71-60(41(4)5)59(65(77)70-48-18-14-11-15-19-48)58(44-16-12-10-13-17-44)61(71)45-22-25-47(69)26-23-45;/h10-19,22-23,25-26,40-43,46,49-56,62,72-75H,9,20-21,24,27-39H2,1-8H3,(H,70,77)(H,79,80);/q;+1/p-1/t42-,43-,46+,49-,50-,51?,52+,53?,54+,55+,56?,62?,67+,68-;/m1./s1. The van der Waals surface area contributed by atoms with E-state index in [9.17, 15) is 48.7 Å². The van der Waals surface area contributed by atoms with E-state index in [1.807, 2.05) is 66.9 Å². The molecule has 1 aromatic heterocycles. The molecule has 86 heavy (non-hydrogen) atoms. The molecule has 15 nitrogen and oxygen atoms in total. The first kappa shape index (κ1) is 67.7. The van der Waals surface area contributed by atoms with Crippen molar-refractivity contribution in [1.29, 1.82) is 0 Å². The summed E-state index contributed by atoms with van der Waals surface area (Å²) in [5.41, 5.74) is 4.52. The average molecular weight is 1220 g/mol. The summed E-state index contributed by atoms with van der Waals surface area (Å²) >= 11 is 0. The molecule has 4 fully saturated rings. The molecule has 4 aliphatic carbocycles. The maximum atomic E-state index is 14.5. The van der Waals surface area contributed by atoms with Crippen molar-refractivity contribution in [2.24, 2.45) is 58.2 Å². The number of para-hydroxylation sites is 1. The molecule has 0 bridgehead atoms. The molecule has 464 valence electrons. The van der Waals surface area contributed by atoms with E-state index in [0.29, 0.717) is 81.6 Å². The number of nitrogens with zero attached hydrogens (tertiary/aromatic N) is 1. The quantitative estimate of drug-likeness (QED) is 0.0237. The van der Waals surface area contributed by atoms with Crippen LogP contribution >= 0.6 is 7.82 Å². The predicted octanol–water partition coefficient (Wildman–Crippen LogP) is 9.89. The molecule has 0 radical (unpaired) electrons. The van der Waals surface area contributed by atoms with Crippen LogP contribution in [0.3, 0.4) is 0 Å². The Morgan fingerprint density at radius 1 is 0.837 bits per heavy atom. The molecule has 1 amide bonds. The molecule has 15 atom stereocenters. The number of halogens is 1. The van der Waals surface area contributed by atoms with Gasteiger partial charge in [0.25, 0.3) is 11.7 Å². The van der Waals surface area contributed by atoms with Crippen molar-refractivity contribution in [3.8, 4) is 22.4 Å². The number of nitrogens with one attached hydrogen (secondary N) is 1. The van der Waals surface area contributed by atoms with Gasteiger partial charge in [0.1, 0.15) is 11.9 Å². The summed E-state index contributed by atoms with van der Waals surface area (Å²) in [6.07, 6.45) is 4.29. The summed E-state index contributed by atoms with van der Waals surface area (Å²) in [5, 5.41) is 46.5. The van der Waals surface area contributed by atoms with Crippen LogP contribution in [0.4, 0.5) is 10.1 Å². The number of carbonyl (C=O) groups excluding carboxylic acids is 3. The number of rotatable bonds is 25. The van der Waals surface area contributed by atoms with Gasteiger partial charge < -0.3 is 53.7 Å². The Bertz CT molecular complexity index is 3050. The molecule has 4 saturated carbocycles. The number of hydrogen-bond donors (Lipinski definition) is 5. The zero-order chi connectivity index (χ0) is 61.1. The molecule has 18 heteroatoms. The van der Waals surface area contributed by atoms with E-state index >= 15 is 0 Å². The minimum Gasteiger partial charge on any atom is -0.746 e. The van der Waals surface area contributed by atoms with Crippen LogP contribution < -0.4 is 39.8 Å². The van der Waals surface area contributed by atoms with E-state index in [-0.39, 0.29) is 72.1 Å². The number of hydrogen-bond acceptors (Lipinski definition) is 13. The predicted molar refractivity (Wildman–Crippen MR) is 321 cm³/mol. The number of ether oxygens (including phenoxy) is 2. The Morgan fingerprint density at radius 2 is 1.50 bits per heavy atom. The van der Waals surface area contributed by atoms with Crippen LogP contribution in [-0.4, -0.2) is 80.0 Å². The summed E-state index contributed by atoms with van der Waals surface area (Å²) in [5.74, 6) is -0.470. The van der Waals surface area contributed by atoms with Crippen LogP contribution in [0.1, 0.15) is 174 Å². The fraction of sp³-hybridized carbons (Fsp3) is 0.603. The van der Waals surface area contributed by atoms with Crippen molar-refractivity contribution >= 4 is 31.4 Å². The van der Waals surface area contributed by atoms with Crippen molar-refractivity contribution < 1.29 is 96.7 Å². The van der Waals surface area contributed by atoms with Crippen LogP contribution in [0.25, 0.3) is 22.4 Å². The smallest absolute Gasteiger partial charge is 0.746 e. The molecule has 2 heterocycles. The number of carbonyl (C=O) groups is 3. The number of phosphoric acid groups is 1. The Morgan fingerprint density at radius 3 is 2.15 bits per heavy atom. The van der Waals surface area contributed by atoms with Gasteiger partial charge in [-0.3, -0.25) is 14.2 Å². The normalized spacial score (nSPS) is 27.8. The van der Waals surface area contributed by atoms with Gasteiger partial charge in [0, 0.05) is 23.5 Å². The Kier molecular flexibility index (Phi) is 22.6. The fourth-order valence-electron chi connectivity index (χ4n) is 16.6. The molecule has 5 unspecified atom stereocenters. The van der Waals surface area contributed by atoms with Gasteiger partial charge in [-0.2, -0.15) is 0 Å². The van der Waals surface area contributed by atoms with Gasteiger partial charge in [-0.25, -0.2) is 9.18 Å². The number of aromatic nitrogens is 1. The largest absolute Gasteiger partial charge is 1.00 e. The molecule has 5 N–H and O–H groups in total. The summed E-state index contributed by atoms with van der Waals surface area (Å²) in [6.45, 7) is 17.6. The van der Waals surface area contributed by atoms with E-state index in [4.69, 9.17) is 18.5 Å². The number of aliphatic hydroxyl groups is 4. The van der Waals surface area contributed by atoms with Gasteiger partial charge in [0.15, 0.2) is 6.10 Å².